The van der Waals surface area contributed by atoms with Crippen LogP contribution in [0, 0.1) is 5.82 Å². The zero-order chi connectivity index (χ0) is 17.4. The quantitative estimate of drug-likeness (QED) is 0.856. The number of nitrogens with one attached hydrogen (secondary N) is 1. The summed E-state index contributed by atoms with van der Waals surface area (Å²) in [4.78, 5) is 13.4. The monoisotopic (exact) mass is 322 g/mol. The lowest BCUT2D eigenvalue weighted by molar-refractivity contribution is -0.116. The highest BCUT2D eigenvalue weighted by molar-refractivity contribution is 6.62. The molecule has 5 nitrogen and oxygen atoms in total. The van der Waals surface area contributed by atoms with E-state index in [9.17, 15) is 9.18 Å². The summed E-state index contributed by atoms with van der Waals surface area (Å²) in [6.45, 7) is 7.97. The molecular weight excluding hydrogens is 298 g/mol. The molecular formula is C16H24BFN2O3. The van der Waals surface area contributed by atoms with Crippen LogP contribution in [0.2, 0.25) is 0 Å². The average molecular weight is 322 g/mol. The molecule has 0 saturated carbocycles. The van der Waals surface area contributed by atoms with Gasteiger partial charge in [0.05, 0.1) is 23.4 Å². The molecule has 23 heavy (non-hydrogen) atoms. The fourth-order valence-electron chi connectivity index (χ4n) is 2.24. The number of benzene rings is 1. The summed E-state index contributed by atoms with van der Waals surface area (Å²) in [5.74, 6) is -0.776. The van der Waals surface area contributed by atoms with Crippen LogP contribution in [0.15, 0.2) is 18.2 Å². The van der Waals surface area contributed by atoms with Crippen molar-refractivity contribution in [2.24, 2.45) is 0 Å². The van der Waals surface area contributed by atoms with Gasteiger partial charge in [0.2, 0.25) is 5.91 Å². The van der Waals surface area contributed by atoms with E-state index in [1.807, 2.05) is 27.7 Å². The molecule has 0 spiro atoms. The van der Waals surface area contributed by atoms with Gasteiger partial charge in [-0.25, -0.2) is 4.39 Å². The summed E-state index contributed by atoms with van der Waals surface area (Å²) in [7, 11) is 2.93. The van der Waals surface area contributed by atoms with Gasteiger partial charge >= 0.3 is 7.12 Å². The topological polar surface area (TPSA) is 50.8 Å². The second-order valence-electron chi connectivity index (χ2n) is 7.11. The van der Waals surface area contributed by atoms with Crippen molar-refractivity contribution in [1.29, 1.82) is 0 Å². The highest BCUT2D eigenvalue weighted by atomic mass is 19.1. The van der Waals surface area contributed by atoms with Crippen molar-refractivity contribution < 1.29 is 18.5 Å². The summed E-state index contributed by atoms with van der Waals surface area (Å²) < 4.78 is 26.0. The Morgan fingerprint density at radius 2 is 1.78 bits per heavy atom. The van der Waals surface area contributed by atoms with Crippen LogP contribution in [0.5, 0.6) is 0 Å². The van der Waals surface area contributed by atoms with Crippen LogP contribution in [0.25, 0.3) is 0 Å². The first kappa shape index (κ1) is 17.9. The molecule has 0 unspecified atom stereocenters. The Bertz CT molecular complexity index is 589. The van der Waals surface area contributed by atoms with Gasteiger partial charge in [-0.05, 0) is 59.4 Å². The second kappa shape index (κ2) is 6.22. The third-order valence-electron chi connectivity index (χ3n) is 4.25. The number of amides is 1. The van der Waals surface area contributed by atoms with E-state index in [0.29, 0.717) is 5.46 Å². The fraction of sp³-hybridized carbons (Fsp3) is 0.562. The maximum atomic E-state index is 14.2. The Morgan fingerprint density at radius 1 is 1.22 bits per heavy atom. The molecule has 1 amide bonds. The van der Waals surface area contributed by atoms with Crippen molar-refractivity contribution >= 4 is 24.2 Å². The van der Waals surface area contributed by atoms with Crippen LogP contribution in [0.4, 0.5) is 10.1 Å². The maximum absolute atomic E-state index is 14.2. The van der Waals surface area contributed by atoms with E-state index in [2.05, 4.69) is 5.32 Å². The minimum atomic E-state index is -0.624. The summed E-state index contributed by atoms with van der Waals surface area (Å²) in [6, 6.07) is 4.58. The van der Waals surface area contributed by atoms with Crippen LogP contribution in [0.1, 0.15) is 27.7 Å². The Morgan fingerprint density at radius 3 is 2.26 bits per heavy atom. The Hall–Kier alpha value is -1.44. The van der Waals surface area contributed by atoms with Gasteiger partial charge in [-0.2, -0.15) is 0 Å². The summed E-state index contributed by atoms with van der Waals surface area (Å²) in [5.41, 5.74) is -0.219. The van der Waals surface area contributed by atoms with Crippen LogP contribution >= 0.6 is 0 Å². The number of rotatable bonds is 4. The lowest BCUT2D eigenvalue weighted by Gasteiger charge is -2.32. The molecule has 0 aliphatic carbocycles. The van der Waals surface area contributed by atoms with Crippen LogP contribution in [0.3, 0.4) is 0 Å². The molecule has 1 aliphatic heterocycles. The predicted octanol–water partition coefficient (Wildman–Crippen LogP) is 1.62. The van der Waals surface area contributed by atoms with E-state index in [1.165, 1.54) is 12.1 Å². The number of hydrogen-bond donors (Lipinski definition) is 1. The number of likely N-dealkylation sites (N-methyl/N-ethyl adjacent to an activating group) is 1. The first-order chi connectivity index (χ1) is 10.5. The van der Waals surface area contributed by atoms with Crippen molar-refractivity contribution in [3.63, 3.8) is 0 Å². The number of halogens is 1. The Labute approximate surface area is 137 Å². The number of nitrogens with zero attached hydrogens (tertiary/aromatic N) is 1. The zero-order valence-corrected chi connectivity index (χ0v) is 14.6. The zero-order valence-electron chi connectivity index (χ0n) is 14.6. The number of carbonyl (C=O) groups excluding carboxylic acids is 1. The second-order valence-corrected chi connectivity index (χ2v) is 7.11. The number of anilines is 1. The largest absolute Gasteiger partial charge is 0.494 e. The summed E-state index contributed by atoms with van der Waals surface area (Å²) in [6.07, 6.45) is 0. The molecule has 1 N–H and O–H groups in total. The summed E-state index contributed by atoms with van der Waals surface area (Å²) >= 11 is 0. The molecule has 0 aromatic heterocycles. The van der Waals surface area contributed by atoms with Crippen molar-refractivity contribution in [2.75, 3.05) is 26.0 Å². The molecule has 1 aromatic carbocycles. The lowest BCUT2D eigenvalue weighted by Crippen LogP contribution is -2.41. The maximum Gasteiger partial charge on any atom is 0.494 e. The van der Waals surface area contributed by atoms with Gasteiger partial charge in [0.15, 0.2) is 0 Å². The van der Waals surface area contributed by atoms with E-state index < -0.39 is 24.1 Å². The van der Waals surface area contributed by atoms with Gasteiger partial charge < -0.3 is 19.5 Å². The van der Waals surface area contributed by atoms with Crippen LogP contribution < -0.4 is 10.8 Å². The molecule has 1 fully saturated rings. The Balaban J connectivity index is 2.13. The fourth-order valence-corrected chi connectivity index (χ4v) is 2.24. The van der Waals surface area contributed by atoms with Gasteiger partial charge in [-0.15, -0.1) is 0 Å². The van der Waals surface area contributed by atoms with Gasteiger partial charge in [-0.1, -0.05) is 6.07 Å². The molecule has 1 saturated heterocycles. The number of carbonyl (C=O) groups is 1. The number of hydrogen-bond acceptors (Lipinski definition) is 4. The van der Waals surface area contributed by atoms with E-state index in [1.54, 1.807) is 25.1 Å². The van der Waals surface area contributed by atoms with E-state index in [4.69, 9.17) is 9.31 Å². The molecule has 7 heteroatoms. The van der Waals surface area contributed by atoms with Gasteiger partial charge in [0, 0.05) is 0 Å². The van der Waals surface area contributed by atoms with Gasteiger partial charge in [0.1, 0.15) is 5.82 Å². The standard InChI is InChI=1S/C16H24BFN2O3/c1-15(2)16(3,4)23-17(22-15)11-7-8-13(12(18)9-11)19-14(21)10-20(5)6/h7-9H,10H2,1-6H3,(H,19,21). The van der Waals surface area contributed by atoms with E-state index in [-0.39, 0.29) is 18.1 Å². The smallest absolute Gasteiger partial charge is 0.399 e. The molecule has 0 bridgehead atoms. The first-order valence-corrected chi connectivity index (χ1v) is 7.61. The Kier molecular flexibility index (Phi) is 4.85. The molecule has 1 aliphatic rings. The minimum Gasteiger partial charge on any atom is -0.399 e. The van der Waals surface area contributed by atoms with E-state index in [0.717, 1.165) is 0 Å². The van der Waals surface area contributed by atoms with E-state index >= 15 is 0 Å². The predicted molar refractivity (Wildman–Crippen MR) is 89.3 cm³/mol. The molecule has 1 aromatic rings. The molecule has 0 radical (unpaired) electrons. The molecule has 126 valence electrons. The first-order valence-electron chi connectivity index (χ1n) is 7.61. The van der Waals surface area contributed by atoms with Crippen molar-refractivity contribution in [1.82, 2.24) is 4.90 Å². The molecule has 1 heterocycles. The summed E-state index contributed by atoms with van der Waals surface area (Å²) in [5, 5.41) is 2.55. The molecule has 0 atom stereocenters. The van der Waals surface area contributed by atoms with Crippen molar-refractivity contribution in [3.05, 3.63) is 24.0 Å². The third kappa shape index (κ3) is 3.91. The van der Waals surface area contributed by atoms with Gasteiger partial charge in [0.25, 0.3) is 0 Å². The third-order valence-corrected chi connectivity index (χ3v) is 4.25. The van der Waals surface area contributed by atoms with Crippen LogP contribution in [-0.4, -0.2) is 49.8 Å². The highest BCUT2D eigenvalue weighted by Crippen LogP contribution is 2.36. The SMILES string of the molecule is CN(C)CC(=O)Nc1ccc(B2OC(C)(C)C(C)(C)O2)cc1F. The highest BCUT2D eigenvalue weighted by Gasteiger charge is 2.51. The van der Waals surface area contributed by atoms with Crippen LogP contribution in [-0.2, 0) is 14.1 Å². The minimum absolute atomic E-state index is 0.150. The molecule has 2 rings (SSSR count). The van der Waals surface area contributed by atoms with Gasteiger partial charge in [-0.3, -0.25) is 4.79 Å². The van der Waals surface area contributed by atoms with Crippen molar-refractivity contribution in [2.45, 2.75) is 38.9 Å². The average Bonchev–Trinajstić information content (AvgIpc) is 2.60. The van der Waals surface area contributed by atoms with Crippen molar-refractivity contribution in [3.8, 4) is 0 Å². The lowest BCUT2D eigenvalue weighted by atomic mass is 9.79. The normalized spacial score (nSPS) is 19.2.